The Labute approximate surface area is 528 Å². The Morgan fingerprint density at radius 3 is 1.21 bits per heavy atom. The van der Waals surface area contributed by atoms with Crippen LogP contribution >= 0.6 is 0 Å². The molecule has 0 aromatic heterocycles. The van der Waals surface area contributed by atoms with Gasteiger partial charge in [0, 0.05) is 92.6 Å². The van der Waals surface area contributed by atoms with Gasteiger partial charge in [-0.2, -0.15) is 0 Å². The first kappa shape index (κ1) is 89.0. The second kappa shape index (κ2) is 62.3. The average molecular weight is 1250 g/mol. The Bertz CT molecular complexity index is 2410. The number of quaternary nitrogens is 1. The smallest absolute Gasteiger partial charge is 0.303 e. The summed E-state index contributed by atoms with van der Waals surface area (Å²) in [6.45, 7) is 38.1. The molecule has 89 heavy (non-hydrogen) atoms. The number of nitrogens with zero attached hydrogens (tertiary/aromatic N) is 1. The van der Waals surface area contributed by atoms with E-state index in [4.69, 9.17) is 19.7 Å². The number of aliphatic carboxylic acids is 3. The van der Waals surface area contributed by atoms with Crippen molar-refractivity contribution in [2.75, 3.05) is 84.1 Å². The van der Waals surface area contributed by atoms with Crippen molar-refractivity contribution in [1.82, 2.24) is 26.6 Å². The van der Waals surface area contributed by atoms with Crippen molar-refractivity contribution >= 4 is 70.6 Å². The molecule has 0 unspecified atom stereocenters. The zero-order valence-electron chi connectivity index (χ0n) is 53.9. The molecule has 0 heterocycles. The van der Waals surface area contributed by atoms with Gasteiger partial charge in [0.1, 0.15) is 13.5 Å². The molecule has 23 heteroatoms. The molecule has 2 rings (SSSR count). The molecule has 9 N–H and O–H groups in total. The number of carboxylic acid groups (broad SMARTS) is 3. The van der Waals surface area contributed by atoms with Gasteiger partial charge < -0.3 is 71.3 Å². The first-order valence-corrected chi connectivity index (χ1v) is 29.3. The Morgan fingerprint density at radius 2 is 0.831 bits per heavy atom. The number of nitrogens with one attached hydrogen (secondary N) is 7. The lowest BCUT2D eigenvalue weighted by atomic mass is 10.2. The number of rotatable bonds is 38. The molecule has 0 aliphatic heterocycles. The second-order valence-electron chi connectivity index (χ2n) is 19.8. The van der Waals surface area contributed by atoms with Crippen LogP contribution < -0.4 is 42.3 Å². The number of anilines is 2. The Kier molecular flexibility index (Phi) is 62.2. The van der Waals surface area contributed by atoms with Gasteiger partial charge in [-0.25, -0.2) is 0 Å². The van der Waals surface area contributed by atoms with Gasteiger partial charge in [0.25, 0.3) is 5.91 Å². The molecule has 498 valence electrons. The van der Waals surface area contributed by atoms with E-state index in [9.17, 15) is 53.1 Å². The number of unbranched alkanes of at least 4 members (excludes halogenated alkanes) is 6. The predicted molar refractivity (Wildman–Crippen MR) is 350 cm³/mol. The number of carbonyl (C=O) groups is 10. The molecule has 23 nitrogen and oxygen atoms in total. The lowest BCUT2D eigenvalue weighted by Gasteiger charge is -2.30. The number of carbonyl (C=O) groups excluding carboxylic acids is 8. The molecular weight excluding hydrogens is 1140 g/mol. The summed E-state index contributed by atoms with van der Waals surface area (Å²) in [5.41, 5.74) is 3.10. The number of ether oxygens (including phenoxy) is 2. The van der Waals surface area contributed by atoms with Crippen LogP contribution in [0.25, 0.3) is 0 Å². The number of carboxylic acids is 3. The highest BCUT2D eigenvalue weighted by atomic mass is 16.5. The van der Waals surface area contributed by atoms with Crippen LogP contribution in [0.1, 0.15) is 125 Å². The van der Waals surface area contributed by atoms with E-state index < -0.39 is 17.9 Å². The molecule has 0 saturated heterocycles. The summed E-state index contributed by atoms with van der Waals surface area (Å²) in [5.74, 6) is -3.72. The highest BCUT2D eigenvalue weighted by Gasteiger charge is 2.14. The van der Waals surface area contributed by atoms with Gasteiger partial charge in [-0.05, 0) is 108 Å². The van der Waals surface area contributed by atoms with Crippen molar-refractivity contribution in [3.8, 4) is 0 Å². The zero-order chi connectivity index (χ0) is 68.7. The lowest BCUT2D eigenvalue weighted by Crippen LogP contribution is -2.44. The Balaban J connectivity index is -0.000000309. The first-order valence-electron chi connectivity index (χ1n) is 29.3. The van der Waals surface area contributed by atoms with Crippen LogP contribution in [0.2, 0.25) is 0 Å². The van der Waals surface area contributed by atoms with Crippen molar-refractivity contribution in [3.05, 3.63) is 148 Å². The van der Waals surface area contributed by atoms with Crippen LogP contribution in [0.4, 0.5) is 11.4 Å². The number of benzene rings is 2. The fourth-order valence-corrected chi connectivity index (χ4v) is 5.66. The Morgan fingerprint density at radius 1 is 0.461 bits per heavy atom. The normalized spacial score (nSPS) is 9.52. The minimum absolute atomic E-state index is 0.0615. The number of amides is 7. The summed E-state index contributed by atoms with van der Waals surface area (Å²) in [6.07, 6.45) is 15.1. The van der Waals surface area contributed by atoms with E-state index in [0.717, 1.165) is 75.7 Å². The fourth-order valence-electron chi connectivity index (χ4n) is 5.66. The van der Waals surface area contributed by atoms with Crippen LogP contribution in [0.3, 0.4) is 0 Å². The monoisotopic (exact) mass is 1250 g/mol. The van der Waals surface area contributed by atoms with Gasteiger partial charge in [0.15, 0.2) is 0 Å². The maximum Gasteiger partial charge on any atom is 0.303 e. The highest BCUT2D eigenvalue weighted by molar-refractivity contribution is 6.02. The maximum atomic E-state index is 11.1. The molecule has 7 amide bonds. The van der Waals surface area contributed by atoms with Crippen molar-refractivity contribution < 1.29 is 77.2 Å². The summed E-state index contributed by atoms with van der Waals surface area (Å²) >= 11 is 0. The van der Waals surface area contributed by atoms with Crippen LogP contribution in [-0.2, 0) is 57.4 Å². The third-order valence-electron chi connectivity index (χ3n) is 10.8. The minimum atomic E-state index is -1.02. The number of hydrogen-bond acceptors (Lipinski definition) is 13. The fraction of sp³-hybridized carbons (Fsp3) is 0.455. The summed E-state index contributed by atoms with van der Waals surface area (Å²) in [7, 11) is 3.91. The average Bonchev–Trinajstić information content (AvgIpc) is 3.59. The van der Waals surface area contributed by atoms with Crippen molar-refractivity contribution in [2.24, 2.45) is 0 Å². The summed E-state index contributed by atoms with van der Waals surface area (Å²) in [4.78, 5) is 106. The molecule has 0 saturated carbocycles. The largest absolute Gasteiger partial charge is 0.550 e. The lowest BCUT2D eigenvalue weighted by molar-refractivity contribution is -0.890. The molecule has 0 bridgehead atoms. The van der Waals surface area contributed by atoms with E-state index in [0.29, 0.717) is 73.4 Å². The topological polar surface area (TPSA) is 337 Å². The first-order chi connectivity index (χ1) is 42.1. The van der Waals surface area contributed by atoms with Crippen molar-refractivity contribution in [2.45, 2.75) is 125 Å². The Hall–Kier alpha value is -8.80. The third-order valence-corrected chi connectivity index (χ3v) is 10.8. The standard InChI is InChI=1S/C11H20N2O3.C10H17NO3.C10H11NO.C9H15NO3.C9H17NO2.C9H9NO.C8H15NO2/c1-4-10(14)12-7-5-8-13(2,3)9-6-11(15)16;1-8(2)10(14)11-7-5-3-4-6-9(12)13;1-8(2)10(12)11-9-6-4-3-5-7-9;1-2-8(11)10-7-5-3-4-6-9(12)13;1-4-5-6-12-7-10-9(11)8(2)3;1-2-9(11)10-8-6-4-3-5-7-8;1-3-5-6-11-7-9-8(10)4-2/h4H,1,5-9H2,2-3H3,(H-,12,14,15,16);1,3-7H2,2H3,(H,11,14)(H,12,13);3-7H,1H2,2H3,(H,11,12);2H,1,3-7H2,(H,10,11)(H,12,13);2,4-7H2,1,3H3,(H,10,11);2-7H,1H2,(H,10,11);4H,2-3,5-7H2,1H3,(H,9,10). The van der Waals surface area contributed by atoms with Crippen molar-refractivity contribution in [1.29, 1.82) is 0 Å². The quantitative estimate of drug-likeness (QED) is 0.0135. The SMILES string of the molecule is C=C(C)C(=O)NCCCCCC(=O)O.C=C(C)C(=O)NCOCCCC.C=C(C)C(=O)Nc1ccccc1.C=CC(=O)NCCCCCC(=O)O.C=CC(=O)NCCC[N+](C)(C)CCC(=O)[O-].C=CC(=O)NCOCCCC.C=CC(=O)Nc1ccccc1. The van der Waals surface area contributed by atoms with Gasteiger partial charge in [-0.1, -0.05) is 122 Å². The molecular formula is C66H104N8O15. The summed E-state index contributed by atoms with van der Waals surface area (Å²) in [5, 5.41) is 45.4. The van der Waals surface area contributed by atoms with Crippen LogP contribution in [0.5, 0.6) is 0 Å². The maximum absolute atomic E-state index is 11.1. The van der Waals surface area contributed by atoms with Gasteiger partial charge in [0.05, 0.1) is 27.2 Å². The van der Waals surface area contributed by atoms with E-state index in [-0.39, 0.29) is 74.1 Å². The molecule has 0 fully saturated rings. The van der Waals surface area contributed by atoms with Crippen LogP contribution in [-0.4, -0.2) is 147 Å². The van der Waals surface area contributed by atoms with E-state index >= 15 is 0 Å². The molecule has 2 aromatic carbocycles. The van der Waals surface area contributed by atoms with Crippen molar-refractivity contribution in [3.63, 3.8) is 0 Å². The molecule has 0 spiro atoms. The predicted octanol–water partition coefficient (Wildman–Crippen LogP) is 7.68. The zero-order valence-corrected chi connectivity index (χ0v) is 53.9. The van der Waals surface area contributed by atoms with E-state index in [2.05, 4.69) is 97.1 Å². The van der Waals surface area contributed by atoms with E-state index in [1.165, 1.54) is 24.3 Å². The second-order valence-corrected chi connectivity index (χ2v) is 19.8. The van der Waals surface area contributed by atoms with E-state index in [1.807, 2.05) is 74.8 Å². The molecule has 0 aliphatic rings. The molecule has 2 aromatic rings. The number of hydrogen-bond donors (Lipinski definition) is 9. The molecule has 0 radical (unpaired) electrons. The number of para-hydroxylation sites is 2. The highest BCUT2D eigenvalue weighted by Crippen LogP contribution is 2.07. The van der Waals surface area contributed by atoms with Gasteiger partial charge in [-0.15, -0.1) is 0 Å². The summed E-state index contributed by atoms with van der Waals surface area (Å²) < 4.78 is 10.8. The van der Waals surface area contributed by atoms with Gasteiger partial charge in [-0.3, -0.25) is 43.2 Å². The minimum Gasteiger partial charge on any atom is -0.550 e. The third kappa shape index (κ3) is 71.6. The van der Waals surface area contributed by atoms with Crippen LogP contribution in [0, 0.1) is 0 Å². The van der Waals surface area contributed by atoms with E-state index in [1.54, 1.807) is 20.8 Å². The van der Waals surface area contributed by atoms with Gasteiger partial charge >= 0.3 is 11.9 Å². The summed E-state index contributed by atoms with van der Waals surface area (Å²) in [6, 6.07) is 18.6. The van der Waals surface area contributed by atoms with Gasteiger partial charge in [0.2, 0.25) is 35.4 Å². The molecule has 0 aliphatic carbocycles. The molecule has 0 atom stereocenters. The van der Waals surface area contributed by atoms with Crippen LogP contribution in [0.15, 0.2) is 148 Å².